The lowest BCUT2D eigenvalue weighted by molar-refractivity contribution is -0.137. The van der Waals surface area contributed by atoms with Crippen LogP contribution in [0.1, 0.15) is 90.4 Å². The Labute approximate surface area is 158 Å². The number of aliphatic carboxylic acids is 1. The second-order valence-corrected chi connectivity index (χ2v) is 8.42. The van der Waals surface area contributed by atoms with E-state index in [1.54, 1.807) is 0 Å². The second kappa shape index (κ2) is 10.2. The van der Waals surface area contributed by atoms with Gasteiger partial charge in [0.1, 0.15) is 5.78 Å². The highest BCUT2D eigenvalue weighted by atomic mass is 16.4. The number of aliphatic hydroxyl groups is 1. The molecule has 3 atom stereocenters. The summed E-state index contributed by atoms with van der Waals surface area (Å²) in [6.07, 6.45) is 15.7. The van der Waals surface area contributed by atoms with Crippen LogP contribution >= 0.6 is 0 Å². The van der Waals surface area contributed by atoms with Crippen molar-refractivity contribution in [2.75, 3.05) is 0 Å². The van der Waals surface area contributed by atoms with Crippen LogP contribution in [0.15, 0.2) is 12.2 Å². The van der Waals surface area contributed by atoms with Gasteiger partial charge in [-0.3, -0.25) is 9.59 Å². The minimum Gasteiger partial charge on any atom is -0.481 e. The summed E-state index contributed by atoms with van der Waals surface area (Å²) < 4.78 is 0. The summed E-state index contributed by atoms with van der Waals surface area (Å²) >= 11 is 0. The molecule has 4 nitrogen and oxygen atoms in total. The number of hydrogen-bond donors (Lipinski definition) is 2. The van der Waals surface area contributed by atoms with Gasteiger partial charge in [-0.25, -0.2) is 0 Å². The molecule has 2 fully saturated rings. The summed E-state index contributed by atoms with van der Waals surface area (Å²) in [6, 6.07) is 0. The number of unbranched alkanes of at least 4 members (excludes halogenated alkanes) is 3. The third-order valence-corrected chi connectivity index (χ3v) is 6.61. The number of hydrogen-bond acceptors (Lipinski definition) is 3. The summed E-state index contributed by atoms with van der Waals surface area (Å²) in [5.74, 6) is -0.0855. The van der Waals surface area contributed by atoms with Crippen molar-refractivity contribution in [3.63, 3.8) is 0 Å². The molecule has 2 rings (SSSR count). The zero-order chi connectivity index (χ0) is 19.0. The number of carbonyl (C=O) groups is 2. The average Bonchev–Trinajstić information content (AvgIpc) is 2.91. The molecular weight excluding hydrogens is 328 g/mol. The number of allylic oxidation sites excluding steroid dienone is 1. The quantitative estimate of drug-likeness (QED) is 0.382. The predicted molar refractivity (Wildman–Crippen MR) is 103 cm³/mol. The van der Waals surface area contributed by atoms with Crippen molar-refractivity contribution in [1.29, 1.82) is 0 Å². The maximum Gasteiger partial charge on any atom is 0.303 e. The fourth-order valence-electron chi connectivity index (χ4n) is 4.66. The van der Waals surface area contributed by atoms with E-state index in [4.69, 9.17) is 5.11 Å². The predicted octanol–water partition coefficient (Wildman–Crippen LogP) is 4.89. The zero-order valence-electron chi connectivity index (χ0n) is 16.3. The van der Waals surface area contributed by atoms with Gasteiger partial charge in [-0.1, -0.05) is 51.2 Å². The summed E-state index contributed by atoms with van der Waals surface area (Å²) in [4.78, 5) is 22.8. The summed E-state index contributed by atoms with van der Waals surface area (Å²) in [5.41, 5.74) is 0.0848. The molecule has 0 radical (unpaired) electrons. The lowest BCUT2D eigenvalue weighted by Crippen LogP contribution is -2.40. The molecule has 0 saturated heterocycles. The molecule has 2 N–H and O–H groups in total. The minimum absolute atomic E-state index is 0.0660. The van der Waals surface area contributed by atoms with Crippen LogP contribution in [-0.4, -0.2) is 28.1 Å². The first-order valence-electron chi connectivity index (χ1n) is 10.6. The fraction of sp³-hybridized carbons (Fsp3) is 0.818. The summed E-state index contributed by atoms with van der Waals surface area (Å²) in [6.45, 7) is 2.19. The average molecular weight is 365 g/mol. The maximum atomic E-state index is 12.2. The van der Waals surface area contributed by atoms with Crippen molar-refractivity contribution in [1.82, 2.24) is 0 Å². The van der Waals surface area contributed by atoms with Gasteiger partial charge in [-0.2, -0.15) is 0 Å². The maximum absolute atomic E-state index is 12.2. The molecule has 26 heavy (non-hydrogen) atoms. The van der Waals surface area contributed by atoms with Gasteiger partial charge in [0.2, 0.25) is 0 Å². The molecule has 2 aliphatic rings. The smallest absolute Gasteiger partial charge is 0.303 e. The van der Waals surface area contributed by atoms with Crippen molar-refractivity contribution < 1.29 is 19.8 Å². The van der Waals surface area contributed by atoms with Crippen molar-refractivity contribution in [3.8, 4) is 0 Å². The van der Waals surface area contributed by atoms with Crippen molar-refractivity contribution in [2.24, 2.45) is 17.3 Å². The molecular formula is C22H36O4. The molecule has 0 spiro atoms. The SMILES string of the molecule is CCCCC1([C@H](O)/C=C/C2CCC(=O)[C@@H]2CCCCCC(=O)O)CCC1. The number of carboxylic acid groups (broad SMARTS) is 1. The summed E-state index contributed by atoms with van der Waals surface area (Å²) in [5, 5.41) is 19.4. The Hall–Kier alpha value is -1.16. The molecule has 148 valence electrons. The van der Waals surface area contributed by atoms with Crippen LogP contribution < -0.4 is 0 Å². The van der Waals surface area contributed by atoms with Crippen LogP contribution in [0.5, 0.6) is 0 Å². The third kappa shape index (κ3) is 5.67. The number of rotatable bonds is 12. The molecule has 1 unspecified atom stereocenters. The van der Waals surface area contributed by atoms with Gasteiger partial charge in [0.05, 0.1) is 6.10 Å². The van der Waals surface area contributed by atoms with Gasteiger partial charge in [0.25, 0.3) is 0 Å². The first kappa shape index (κ1) is 21.1. The van der Waals surface area contributed by atoms with Crippen LogP contribution in [-0.2, 0) is 9.59 Å². The lowest BCUT2D eigenvalue weighted by Gasteiger charge is -2.45. The molecule has 0 heterocycles. The van der Waals surface area contributed by atoms with Gasteiger partial charge in [0.15, 0.2) is 0 Å². The first-order valence-corrected chi connectivity index (χ1v) is 10.6. The van der Waals surface area contributed by atoms with Crippen molar-refractivity contribution >= 4 is 11.8 Å². The van der Waals surface area contributed by atoms with Crippen LogP contribution in [0, 0.1) is 17.3 Å². The number of carbonyl (C=O) groups excluding carboxylic acids is 1. The largest absolute Gasteiger partial charge is 0.481 e. The Kier molecular flexibility index (Phi) is 8.33. The normalized spacial score (nSPS) is 26.2. The van der Waals surface area contributed by atoms with Gasteiger partial charge < -0.3 is 10.2 Å². The molecule has 2 aliphatic carbocycles. The van der Waals surface area contributed by atoms with E-state index in [1.165, 1.54) is 19.3 Å². The van der Waals surface area contributed by atoms with E-state index in [-0.39, 0.29) is 29.8 Å². The Morgan fingerprint density at radius 2 is 2.04 bits per heavy atom. The Morgan fingerprint density at radius 3 is 2.65 bits per heavy atom. The highest BCUT2D eigenvalue weighted by Gasteiger charge is 2.42. The van der Waals surface area contributed by atoms with E-state index in [2.05, 4.69) is 13.0 Å². The highest BCUT2D eigenvalue weighted by Crippen LogP contribution is 2.48. The topological polar surface area (TPSA) is 74.6 Å². The monoisotopic (exact) mass is 364 g/mol. The standard InChI is InChI=1S/C22H36O4/c1-2-3-14-22(15-7-16-22)20(24)13-11-17-10-12-19(23)18(17)8-5-4-6-9-21(25)26/h11,13,17-18,20,24H,2-10,12,14-16H2,1H3,(H,25,26)/b13-11+/t17?,18-,20-/m1/s1. The van der Waals surface area contributed by atoms with E-state index < -0.39 is 5.97 Å². The fourth-order valence-corrected chi connectivity index (χ4v) is 4.66. The van der Waals surface area contributed by atoms with Crippen LogP contribution in [0.4, 0.5) is 0 Å². The molecule has 0 aromatic rings. The Morgan fingerprint density at radius 1 is 1.27 bits per heavy atom. The lowest BCUT2D eigenvalue weighted by atomic mass is 9.62. The van der Waals surface area contributed by atoms with E-state index in [9.17, 15) is 14.7 Å². The van der Waals surface area contributed by atoms with Crippen LogP contribution in [0.25, 0.3) is 0 Å². The molecule has 0 aromatic carbocycles. The van der Waals surface area contributed by atoms with E-state index in [0.29, 0.717) is 18.6 Å². The minimum atomic E-state index is -0.746. The van der Waals surface area contributed by atoms with Crippen molar-refractivity contribution in [3.05, 3.63) is 12.2 Å². The molecule has 0 bridgehead atoms. The second-order valence-electron chi connectivity index (χ2n) is 8.42. The third-order valence-electron chi connectivity index (χ3n) is 6.61. The highest BCUT2D eigenvalue weighted by molar-refractivity contribution is 5.83. The van der Waals surface area contributed by atoms with Gasteiger partial charge >= 0.3 is 5.97 Å². The number of carboxylic acids is 1. The number of ketones is 1. The Bertz CT molecular complexity index is 492. The molecule has 2 saturated carbocycles. The number of Topliss-reactive ketones (excluding diaryl/α,β-unsaturated/α-hetero) is 1. The molecule has 0 amide bonds. The number of aliphatic hydroxyl groups excluding tert-OH is 1. The van der Waals surface area contributed by atoms with Gasteiger partial charge in [-0.15, -0.1) is 0 Å². The Balaban J connectivity index is 1.83. The first-order chi connectivity index (χ1) is 12.5. The molecule has 4 heteroatoms. The van der Waals surface area contributed by atoms with Crippen LogP contribution in [0.2, 0.25) is 0 Å². The molecule has 0 aliphatic heterocycles. The van der Waals surface area contributed by atoms with E-state index in [0.717, 1.165) is 44.9 Å². The zero-order valence-corrected chi connectivity index (χ0v) is 16.3. The van der Waals surface area contributed by atoms with Gasteiger partial charge in [-0.05, 0) is 49.9 Å². The van der Waals surface area contributed by atoms with E-state index in [1.807, 2.05) is 6.08 Å². The molecule has 0 aromatic heterocycles. The van der Waals surface area contributed by atoms with Gasteiger partial charge in [0, 0.05) is 18.8 Å². The van der Waals surface area contributed by atoms with E-state index >= 15 is 0 Å². The summed E-state index contributed by atoms with van der Waals surface area (Å²) in [7, 11) is 0. The van der Waals surface area contributed by atoms with Crippen LogP contribution in [0.3, 0.4) is 0 Å². The van der Waals surface area contributed by atoms with Crippen molar-refractivity contribution in [2.45, 2.75) is 96.5 Å².